The van der Waals surface area contributed by atoms with Gasteiger partial charge in [0.1, 0.15) is 0 Å². The second kappa shape index (κ2) is 6.19. The van der Waals surface area contributed by atoms with Gasteiger partial charge in [-0.15, -0.1) is 0 Å². The Balaban J connectivity index is 1.88. The van der Waals surface area contributed by atoms with Crippen molar-refractivity contribution >= 4 is 0 Å². The molecule has 2 aromatic rings. The van der Waals surface area contributed by atoms with E-state index in [0.717, 1.165) is 12.8 Å². The summed E-state index contributed by atoms with van der Waals surface area (Å²) in [6.07, 6.45) is 2.93. The number of hydrogen-bond acceptors (Lipinski definition) is 4. The van der Waals surface area contributed by atoms with Gasteiger partial charge in [0.2, 0.25) is 0 Å². The van der Waals surface area contributed by atoms with Crippen LogP contribution in [0.15, 0.2) is 36.4 Å². The first-order valence-corrected chi connectivity index (χ1v) is 6.59. The Bertz CT molecular complexity index is 540. The molecule has 0 saturated heterocycles. The van der Waals surface area contributed by atoms with Gasteiger partial charge in [-0.1, -0.05) is 24.3 Å². The molecule has 0 atom stereocenters. The van der Waals surface area contributed by atoms with Crippen LogP contribution in [0.3, 0.4) is 0 Å². The fourth-order valence-corrected chi connectivity index (χ4v) is 2.19. The highest BCUT2D eigenvalue weighted by Gasteiger charge is 2.07. The number of aromatic hydroxyl groups is 4. The quantitative estimate of drug-likeness (QED) is 0.499. The Morgan fingerprint density at radius 2 is 1.00 bits per heavy atom. The van der Waals surface area contributed by atoms with Gasteiger partial charge in [-0.25, -0.2) is 0 Å². The third-order valence-corrected chi connectivity index (χ3v) is 3.34. The van der Waals surface area contributed by atoms with Crippen molar-refractivity contribution in [2.45, 2.75) is 25.7 Å². The third-order valence-electron chi connectivity index (χ3n) is 3.34. The fraction of sp³-hybridized carbons (Fsp3) is 0.250. The molecule has 20 heavy (non-hydrogen) atoms. The lowest BCUT2D eigenvalue weighted by molar-refractivity contribution is 0.397. The topological polar surface area (TPSA) is 80.9 Å². The lowest BCUT2D eigenvalue weighted by Gasteiger charge is -2.07. The maximum Gasteiger partial charge on any atom is 0.160 e. The van der Waals surface area contributed by atoms with Crippen LogP contribution in [-0.2, 0) is 12.8 Å². The molecule has 2 aromatic carbocycles. The van der Waals surface area contributed by atoms with E-state index in [-0.39, 0.29) is 23.0 Å². The highest BCUT2D eigenvalue weighted by Crippen LogP contribution is 2.31. The maximum absolute atomic E-state index is 9.67. The second-order valence-electron chi connectivity index (χ2n) is 4.78. The molecule has 0 radical (unpaired) electrons. The molecule has 106 valence electrons. The summed E-state index contributed by atoms with van der Waals surface area (Å²) in [7, 11) is 0. The highest BCUT2D eigenvalue weighted by atomic mass is 16.3. The van der Waals surface area contributed by atoms with E-state index in [1.807, 2.05) is 0 Å². The number of phenols is 4. The molecule has 0 aromatic heterocycles. The molecule has 0 fully saturated rings. The molecule has 0 aliphatic heterocycles. The lowest BCUT2D eigenvalue weighted by atomic mass is 10.0. The fourth-order valence-electron chi connectivity index (χ4n) is 2.19. The molecule has 2 rings (SSSR count). The molecule has 0 unspecified atom stereocenters. The largest absolute Gasteiger partial charge is 0.504 e. The van der Waals surface area contributed by atoms with Gasteiger partial charge in [0.05, 0.1) is 0 Å². The van der Waals surface area contributed by atoms with E-state index < -0.39 is 0 Å². The van der Waals surface area contributed by atoms with E-state index >= 15 is 0 Å². The van der Waals surface area contributed by atoms with Crippen LogP contribution >= 0.6 is 0 Å². The number of rotatable bonds is 5. The smallest absolute Gasteiger partial charge is 0.160 e. The van der Waals surface area contributed by atoms with Crippen molar-refractivity contribution in [1.29, 1.82) is 0 Å². The zero-order chi connectivity index (χ0) is 14.5. The summed E-state index contributed by atoms with van der Waals surface area (Å²) in [6, 6.07) is 9.85. The van der Waals surface area contributed by atoms with Gasteiger partial charge >= 0.3 is 0 Å². The highest BCUT2D eigenvalue weighted by molar-refractivity contribution is 5.45. The zero-order valence-corrected chi connectivity index (χ0v) is 11.1. The minimum Gasteiger partial charge on any atom is -0.504 e. The van der Waals surface area contributed by atoms with Crippen LogP contribution in [-0.4, -0.2) is 20.4 Å². The summed E-state index contributed by atoms with van der Waals surface area (Å²) < 4.78 is 0. The van der Waals surface area contributed by atoms with Crippen molar-refractivity contribution in [2.24, 2.45) is 0 Å². The van der Waals surface area contributed by atoms with Gasteiger partial charge in [-0.2, -0.15) is 0 Å². The number of hydrogen-bond donors (Lipinski definition) is 4. The zero-order valence-electron chi connectivity index (χ0n) is 11.1. The monoisotopic (exact) mass is 274 g/mol. The Kier molecular flexibility index (Phi) is 4.35. The summed E-state index contributed by atoms with van der Waals surface area (Å²) in [5.41, 5.74) is 1.43. The van der Waals surface area contributed by atoms with Crippen molar-refractivity contribution in [3.05, 3.63) is 47.5 Å². The first-order valence-electron chi connectivity index (χ1n) is 6.59. The number of phenolic OH excluding ortho intramolecular Hbond substituents is 4. The average molecular weight is 274 g/mol. The van der Waals surface area contributed by atoms with Gasteiger partial charge in [-0.05, 0) is 48.9 Å². The van der Waals surface area contributed by atoms with Gasteiger partial charge in [-0.3, -0.25) is 0 Å². The molecular weight excluding hydrogens is 256 g/mol. The van der Waals surface area contributed by atoms with Crippen LogP contribution in [0.5, 0.6) is 23.0 Å². The number of benzene rings is 2. The van der Waals surface area contributed by atoms with Crippen molar-refractivity contribution in [1.82, 2.24) is 0 Å². The third kappa shape index (κ3) is 3.15. The van der Waals surface area contributed by atoms with Gasteiger partial charge in [0.25, 0.3) is 0 Å². The summed E-state index contributed by atoms with van der Waals surface area (Å²) in [4.78, 5) is 0. The van der Waals surface area contributed by atoms with E-state index in [2.05, 4.69) is 0 Å². The normalized spacial score (nSPS) is 10.6. The SMILES string of the molecule is Oc1cccc(CCCCc2cccc(O)c2O)c1O. The summed E-state index contributed by atoms with van der Waals surface area (Å²) >= 11 is 0. The Morgan fingerprint density at radius 1 is 0.600 bits per heavy atom. The van der Waals surface area contributed by atoms with E-state index in [1.54, 1.807) is 24.3 Å². The van der Waals surface area contributed by atoms with E-state index in [0.29, 0.717) is 24.0 Å². The van der Waals surface area contributed by atoms with Crippen LogP contribution in [0, 0.1) is 0 Å². The Labute approximate surface area is 117 Å². The van der Waals surface area contributed by atoms with E-state index in [4.69, 9.17) is 0 Å². The van der Waals surface area contributed by atoms with Crippen LogP contribution in [0.2, 0.25) is 0 Å². The molecular formula is C16H18O4. The Hall–Kier alpha value is -2.36. The summed E-state index contributed by atoms with van der Waals surface area (Å²) in [6.45, 7) is 0. The standard InChI is InChI=1S/C16H18O4/c17-13-9-3-7-11(15(13)19)5-1-2-6-12-8-4-10-14(18)16(12)20/h3-4,7-10,17-20H,1-2,5-6H2. The molecule has 0 saturated carbocycles. The van der Waals surface area contributed by atoms with Crippen LogP contribution < -0.4 is 0 Å². The number of aryl methyl sites for hydroxylation is 2. The maximum atomic E-state index is 9.67. The van der Waals surface area contributed by atoms with Crippen LogP contribution in [0.4, 0.5) is 0 Å². The molecule has 0 heterocycles. The molecule has 0 bridgehead atoms. The van der Waals surface area contributed by atoms with Crippen molar-refractivity contribution in [2.75, 3.05) is 0 Å². The summed E-state index contributed by atoms with van der Waals surface area (Å²) in [5, 5.41) is 38.1. The Morgan fingerprint density at radius 3 is 1.40 bits per heavy atom. The molecule has 0 amide bonds. The van der Waals surface area contributed by atoms with E-state index in [1.165, 1.54) is 12.1 Å². The molecule has 0 aliphatic rings. The van der Waals surface area contributed by atoms with E-state index in [9.17, 15) is 20.4 Å². The second-order valence-corrected chi connectivity index (χ2v) is 4.78. The minimum absolute atomic E-state index is 0.0623. The lowest BCUT2D eigenvalue weighted by Crippen LogP contribution is -1.91. The van der Waals surface area contributed by atoms with Gasteiger partial charge < -0.3 is 20.4 Å². The van der Waals surface area contributed by atoms with Crippen molar-refractivity contribution in [3.63, 3.8) is 0 Å². The van der Waals surface area contributed by atoms with Crippen molar-refractivity contribution < 1.29 is 20.4 Å². The van der Waals surface area contributed by atoms with Crippen LogP contribution in [0.25, 0.3) is 0 Å². The molecule has 4 heteroatoms. The molecule has 0 aliphatic carbocycles. The molecule has 0 spiro atoms. The number of para-hydroxylation sites is 2. The average Bonchev–Trinajstić information content (AvgIpc) is 2.43. The van der Waals surface area contributed by atoms with Gasteiger partial charge in [0, 0.05) is 0 Å². The molecule has 4 nitrogen and oxygen atoms in total. The number of unbranched alkanes of at least 4 members (excludes halogenated alkanes) is 1. The predicted molar refractivity (Wildman–Crippen MR) is 76.2 cm³/mol. The minimum atomic E-state index is -0.104. The molecule has 4 N–H and O–H groups in total. The predicted octanol–water partition coefficient (Wildman–Crippen LogP) is 3.07. The van der Waals surface area contributed by atoms with Crippen molar-refractivity contribution in [3.8, 4) is 23.0 Å². The summed E-state index contributed by atoms with van der Waals surface area (Å²) in [5.74, 6) is -0.332. The first-order chi connectivity index (χ1) is 9.59. The van der Waals surface area contributed by atoms with Crippen LogP contribution in [0.1, 0.15) is 24.0 Å². The van der Waals surface area contributed by atoms with Gasteiger partial charge in [0.15, 0.2) is 23.0 Å². The first kappa shape index (κ1) is 14.1.